The molecule has 0 N–H and O–H groups in total. The lowest BCUT2D eigenvalue weighted by molar-refractivity contribution is -0.0502. The van der Waals surface area contributed by atoms with Crippen molar-refractivity contribution in [2.24, 2.45) is 11.8 Å². The summed E-state index contributed by atoms with van der Waals surface area (Å²) in [5, 5.41) is 0. The maximum atomic E-state index is 13.2. The van der Waals surface area contributed by atoms with Gasteiger partial charge in [0.1, 0.15) is 28.5 Å². The molecule has 0 radical (unpaired) electrons. The van der Waals surface area contributed by atoms with Crippen molar-refractivity contribution in [3.63, 3.8) is 0 Å². The van der Waals surface area contributed by atoms with E-state index >= 15 is 0 Å². The molecule has 35 heavy (non-hydrogen) atoms. The highest BCUT2D eigenvalue weighted by atomic mass is 19.3. The van der Waals surface area contributed by atoms with Crippen LogP contribution in [0.15, 0.2) is 36.7 Å². The van der Waals surface area contributed by atoms with Crippen molar-refractivity contribution in [2.75, 3.05) is 13.7 Å². The lowest BCUT2D eigenvalue weighted by atomic mass is 9.90. The first kappa shape index (κ1) is 23.6. The van der Waals surface area contributed by atoms with Crippen LogP contribution in [0.3, 0.4) is 0 Å². The van der Waals surface area contributed by atoms with Crippen LogP contribution in [-0.4, -0.2) is 35.5 Å². The molecule has 0 saturated heterocycles. The number of ketones is 1. The Balaban J connectivity index is 1.44. The highest BCUT2D eigenvalue weighted by Gasteiger charge is 2.30. The van der Waals surface area contributed by atoms with Gasteiger partial charge in [0.25, 0.3) is 0 Å². The summed E-state index contributed by atoms with van der Waals surface area (Å²) in [4.78, 5) is 17.4. The molecule has 8 heteroatoms. The van der Waals surface area contributed by atoms with Crippen molar-refractivity contribution in [1.29, 1.82) is 0 Å². The Morgan fingerprint density at radius 1 is 1.09 bits per heavy atom. The molecular weight excluding hydrogens is 454 g/mol. The molecule has 2 aromatic heterocycles. The van der Waals surface area contributed by atoms with Crippen LogP contribution < -0.4 is 14.2 Å². The Hall–Kier alpha value is -3.16. The largest absolute Gasteiger partial charge is 0.496 e. The molecule has 2 aliphatic carbocycles. The molecule has 0 amide bonds. The minimum atomic E-state index is -3.06. The van der Waals surface area contributed by atoms with Gasteiger partial charge in [-0.05, 0) is 55.7 Å². The van der Waals surface area contributed by atoms with E-state index in [1.807, 2.05) is 22.7 Å². The number of carbonyl (C=O) groups excluding carboxylic acids is 1. The van der Waals surface area contributed by atoms with Gasteiger partial charge >= 0.3 is 6.61 Å². The molecule has 2 heterocycles. The average Bonchev–Trinajstić information content (AvgIpc) is 3.57. The third-order valence-corrected chi connectivity index (χ3v) is 6.94. The predicted octanol–water partition coefficient (Wildman–Crippen LogP) is 6.55. The molecule has 0 aliphatic heterocycles. The minimum Gasteiger partial charge on any atom is -0.496 e. The van der Waals surface area contributed by atoms with E-state index in [-0.39, 0.29) is 22.8 Å². The number of hydrogen-bond acceptors (Lipinski definition) is 5. The van der Waals surface area contributed by atoms with Crippen LogP contribution in [-0.2, 0) is 0 Å². The quantitative estimate of drug-likeness (QED) is 0.305. The second-order valence-corrected chi connectivity index (χ2v) is 9.55. The second-order valence-electron chi connectivity index (χ2n) is 9.55. The third-order valence-electron chi connectivity index (χ3n) is 6.94. The van der Waals surface area contributed by atoms with Gasteiger partial charge < -0.3 is 14.2 Å². The molecule has 2 saturated carbocycles. The lowest BCUT2D eigenvalue weighted by Crippen LogP contribution is -2.15. The van der Waals surface area contributed by atoms with E-state index in [2.05, 4.69) is 4.98 Å². The summed E-state index contributed by atoms with van der Waals surface area (Å²) >= 11 is 0. The maximum absolute atomic E-state index is 13.2. The molecule has 186 valence electrons. The number of alkyl halides is 2. The number of benzene rings is 1. The Kier molecular flexibility index (Phi) is 6.88. The number of pyridine rings is 1. The first-order valence-electron chi connectivity index (χ1n) is 12.3. The number of aromatic nitrogens is 2. The smallest absolute Gasteiger partial charge is 0.387 e. The molecular formula is C27H30F2N2O4. The fourth-order valence-electron chi connectivity index (χ4n) is 4.88. The van der Waals surface area contributed by atoms with Gasteiger partial charge in [-0.2, -0.15) is 8.78 Å². The van der Waals surface area contributed by atoms with Gasteiger partial charge in [-0.15, -0.1) is 0 Å². The topological polar surface area (TPSA) is 62.1 Å². The number of methoxy groups -OCH3 is 1. The monoisotopic (exact) mass is 484 g/mol. The average molecular weight is 485 g/mol. The molecule has 0 bridgehead atoms. The molecule has 6 nitrogen and oxygen atoms in total. The Labute approximate surface area is 203 Å². The van der Waals surface area contributed by atoms with Crippen molar-refractivity contribution in [2.45, 2.75) is 58.0 Å². The molecule has 5 rings (SSSR count). The van der Waals surface area contributed by atoms with Crippen LogP contribution in [0.1, 0.15) is 61.7 Å². The van der Waals surface area contributed by atoms with Crippen LogP contribution in [0.25, 0.3) is 16.9 Å². The van der Waals surface area contributed by atoms with Gasteiger partial charge in [0.05, 0.1) is 25.6 Å². The number of fused-ring (bicyclic) bond motifs is 1. The Morgan fingerprint density at radius 3 is 2.57 bits per heavy atom. The van der Waals surface area contributed by atoms with Crippen molar-refractivity contribution in [3.05, 3.63) is 42.2 Å². The van der Waals surface area contributed by atoms with E-state index < -0.39 is 6.61 Å². The van der Waals surface area contributed by atoms with Gasteiger partial charge in [0.2, 0.25) is 0 Å². The van der Waals surface area contributed by atoms with E-state index in [9.17, 15) is 13.6 Å². The number of Topliss-reactive ketones (excluding diaryl/α,β-unsaturated/α-hetero) is 1. The Bertz CT molecular complexity index is 1200. The number of rotatable bonds is 10. The molecule has 0 unspecified atom stereocenters. The normalized spacial score (nSPS) is 16.6. The summed E-state index contributed by atoms with van der Waals surface area (Å²) in [6.45, 7) is -2.36. The SMILES string of the molecule is COc1cc(-c2cnc3cc(OCC4CCCCC4)ccn23)cc(OC(F)F)c1C(=O)CC1CC1. The summed E-state index contributed by atoms with van der Waals surface area (Å²) in [7, 11) is 1.42. The first-order chi connectivity index (χ1) is 17.0. The second kappa shape index (κ2) is 10.2. The number of halogens is 2. The maximum Gasteiger partial charge on any atom is 0.387 e. The fourth-order valence-corrected chi connectivity index (χ4v) is 4.88. The van der Waals surface area contributed by atoms with Crippen LogP contribution in [0.5, 0.6) is 17.2 Å². The standard InChI is InChI=1S/C27H30F2N2O4/c1-33-23-12-19(13-24(35-27(28)29)26(23)22(32)11-17-7-8-17)21-15-30-25-14-20(9-10-31(21)25)34-16-18-5-3-2-4-6-18/h9-10,12-15,17-18,27H,2-8,11,16H2,1H3. The van der Waals surface area contributed by atoms with Crippen LogP contribution >= 0.6 is 0 Å². The van der Waals surface area contributed by atoms with Gasteiger partial charge in [0, 0.05) is 24.2 Å². The van der Waals surface area contributed by atoms with Crippen LogP contribution in [0, 0.1) is 11.8 Å². The minimum absolute atomic E-state index is 0.0654. The number of nitrogens with zero attached hydrogens (tertiary/aromatic N) is 2. The zero-order chi connectivity index (χ0) is 24.4. The van der Waals surface area contributed by atoms with Gasteiger partial charge in [-0.1, -0.05) is 19.3 Å². The molecule has 0 atom stereocenters. The predicted molar refractivity (Wildman–Crippen MR) is 128 cm³/mol. The van der Waals surface area contributed by atoms with Gasteiger partial charge in [-0.25, -0.2) is 4.98 Å². The van der Waals surface area contributed by atoms with E-state index in [1.54, 1.807) is 12.3 Å². The van der Waals surface area contributed by atoms with Crippen molar-refractivity contribution < 1.29 is 27.8 Å². The number of carbonyl (C=O) groups is 1. The zero-order valence-electron chi connectivity index (χ0n) is 19.8. The third kappa shape index (κ3) is 5.41. The van der Waals surface area contributed by atoms with Gasteiger partial charge in [-0.3, -0.25) is 9.20 Å². The molecule has 1 aromatic carbocycles. The van der Waals surface area contributed by atoms with Gasteiger partial charge in [0.15, 0.2) is 5.78 Å². The lowest BCUT2D eigenvalue weighted by Gasteiger charge is -2.21. The van der Waals surface area contributed by atoms with E-state index in [1.165, 1.54) is 45.3 Å². The summed E-state index contributed by atoms with van der Waals surface area (Å²) in [5.74, 6) is 1.44. The highest BCUT2D eigenvalue weighted by molar-refractivity contribution is 6.02. The highest BCUT2D eigenvalue weighted by Crippen LogP contribution is 2.40. The summed E-state index contributed by atoms with van der Waals surface area (Å²) in [5.41, 5.74) is 1.96. The van der Waals surface area contributed by atoms with E-state index in [0.29, 0.717) is 41.8 Å². The van der Waals surface area contributed by atoms with Crippen molar-refractivity contribution in [1.82, 2.24) is 9.38 Å². The Morgan fingerprint density at radius 2 is 1.86 bits per heavy atom. The van der Waals surface area contributed by atoms with E-state index in [4.69, 9.17) is 14.2 Å². The molecule has 2 fully saturated rings. The number of ether oxygens (including phenoxy) is 3. The summed E-state index contributed by atoms with van der Waals surface area (Å²) in [6.07, 6.45) is 12.0. The zero-order valence-corrected chi connectivity index (χ0v) is 19.8. The molecule has 3 aromatic rings. The molecule has 0 spiro atoms. The van der Waals surface area contributed by atoms with Crippen molar-refractivity contribution >= 4 is 11.4 Å². The molecule has 2 aliphatic rings. The summed E-state index contributed by atoms with van der Waals surface area (Å²) < 4.78 is 44.6. The number of imidazole rings is 1. The first-order valence-corrected chi connectivity index (χ1v) is 12.3. The van der Waals surface area contributed by atoms with Crippen LogP contribution in [0.4, 0.5) is 8.78 Å². The van der Waals surface area contributed by atoms with E-state index in [0.717, 1.165) is 18.6 Å². The van der Waals surface area contributed by atoms with Crippen molar-refractivity contribution in [3.8, 4) is 28.5 Å². The summed E-state index contributed by atoms with van der Waals surface area (Å²) in [6, 6.07) is 6.89. The number of hydrogen-bond donors (Lipinski definition) is 0. The fraction of sp³-hybridized carbons (Fsp3) is 0.481. The van der Waals surface area contributed by atoms with Crippen LogP contribution in [0.2, 0.25) is 0 Å².